The van der Waals surface area contributed by atoms with Gasteiger partial charge in [0, 0.05) is 0 Å². The summed E-state index contributed by atoms with van der Waals surface area (Å²) in [7, 11) is 0. The van der Waals surface area contributed by atoms with Gasteiger partial charge in [-0.3, -0.25) is 0 Å². The highest BCUT2D eigenvalue weighted by molar-refractivity contribution is 7.99. The summed E-state index contributed by atoms with van der Waals surface area (Å²) in [4.78, 5) is 0. The van der Waals surface area contributed by atoms with Crippen molar-refractivity contribution in [2.45, 2.75) is 32.1 Å². The Labute approximate surface area is 61.4 Å². The van der Waals surface area contributed by atoms with Crippen LogP contribution in [0.1, 0.15) is 32.1 Å². The molecule has 0 bridgehead atoms. The van der Waals surface area contributed by atoms with Crippen molar-refractivity contribution in [3.63, 3.8) is 0 Å². The Hall–Kier alpha value is 0.350. The van der Waals surface area contributed by atoms with Crippen LogP contribution >= 0.6 is 11.8 Å². The lowest BCUT2D eigenvalue weighted by molar-refractivity contribution is 0.510. The first kappa shape index (κ1) is 6.09. The Morgan fingerprint density at radius 3 is 2.67 bits per heavy atom. The number of hydrogen-bond acceptors (Lipinski definition) is 1. The van der Waals surface area contributed by atoms with Gasteiger partial charge in [-0.05, 0) is 42.6 Å². The Bertz CT molecular complexity index is 95.1. The molecule has 0 unspecified atom stereocenters. The fourth-order valence-electron chi connectivity index (χ4n) is 1.64. The summed E-state index contributed by atoms with van der Waals surface area (Å²) in [5, 5.41) is 0. The first-order valence-electron chi connectivity index (χ1n) is 3.99. The van der Waals surface area contributed by atoms with Gasteiger partial charge in [-0.1, -0.05) is 6.42 Å². The van der Waals surface area contributed by atoms with Gasteiger partial charge in [0.1, 0.15) is 0 Å². The van der Waals surface area contributed by atoms with Crippen molar-refractivity contribution < 1.29 is 0 Å². The molecule has 1 spiro atoms. The van der Waals surface area contributed by atoms with Crippen molar-refractivity contribution >= 4 is 11.8 Å². The van der Waals surface area contributed by atoms with Crippen LogP contribution in [0, 0.1) is 5.41 Å². The van der Waals surface area contributed by atoms with E-state index < -0.39 is 0 Å². The predicted molar refractivity (Wildman–Crippen MR) is 42.8 cm³/mol. The topological polar surface area (TPSA) is 0 Å². The third kappa shape index (κ3) is 1.26. The molecule has 1 saturated heterocycles. The van der Waals surface area contributed by atoms with Crippen molar-refractivity contribution in [2.75, 3.05) is 11.5 Å². The monoisotopic (exact) mass is 142 g/mol. The SMILES string of the molecule is C1CCC2(CC2)CSC1. The first-order valence-corrected chi connectivity index (χ1v) is 5.15. The van der Waals surface area contributed by atoms with Crippen LogP contribution in [0.5, 0.6) is 0 Å². The molecule has 0 amide bonds. The van der Waals surface area contributed by atoms with Gasteiger partial charge in [0.05, 0.1) is 0 Å². The van der Waals surface area contributed by atoms with E-state index in [1.807, 2.05) is 0 Å². The number of hydrogen-bond donors (Lipinski definition) is 0. The minimum Gasteiger partial charge on any atom is -0.161 e. The third-order valence-electron chi connectivity index (χ3n) is 2.61. The summed E-state index contributed by atoms with van der Waals surface area (Å²) in [5.41, 5.74) is 0.876. The molecule has 2 rings (SSSR count). The zero-order chi connectivity index (χ0) is 6.16. The molecule has 9 heavy (non-hydrogen) atoms. The molecule has 2 aliphatic rings. The minimum absolute atomic E-state index is 0.876. The van der Waals surface area contributed by atoms with Crippen molar-refractivity contribution in [2.24, 2.45) is 5.41 Å². The van der Waals surface area contributed by atoms with Crippen molar-refractivity contribution in [3.8, 4) is 0 Å². The van der Waals surface area contributed by atoms with Gasteiger partial charge in [-0.2, -0.15) is 11.8 Å². The molecule has 0 atom stereocenters. The maximum atomic E-state index is 2.19. The lowest BCUT2D eigenvalue weighted by Crippen LogP contribution is -2.00. The predicted octanol–water partition coefficient (Wildman–Crippen LogP) is 2.68. The second-order valence-corrected chi connectivity index (χ2v) is 4.61. The van der Waals surface area contributed by atoms with Crippen molar-refractivity contribution in [1.82, 2.24) is 0 Å². The van der Waals surface area contributed by atoms with Gasteiger partial charge >= 0.3 is 0 Å². The standard InChI is InChI=1S/C8H14S/c1-2-6-9-7-8(3-1)4-5-8/h1-7H2. The van der Waals surface area contributed by atoms with E-state index >= 15 is 0 Å². The van der Waals surface area contributed by atoms with Gasteiger partial charge in [-0.15, -0.1) is 0 Å². The van der Waals surface area contributed by atoms with Gasteiger partial charge in [0.2, 0.25) is 0 Å². The molecule has 2 fully saturated rings. The fraction of sp³-hybridized carbons (Fsp3) is 1.00. The maximum absolute atomic E-state index is 2.19. The van der Waals surface area contributed by atoms with Crippen LogP contribution in [0.3, 0.4) is 0 Å². The van der Waals surface area contributed by atoms with Gasteiger partial charge in [-0.25, -0.2) is 0 Å². The second kappa shape index (κ2) is 2.19. The summed E-state index contributed by atoms with van der Waals surface area (Å²) >= 11 is 2.19. The molecule has 1 saturated carbocycles. The summed E-state index contributed by atoms with van der Waals surface area (Å²) < 4.78 is 0. The van der Waals surface area contributed by atoms with Crippen molar-refractivity contribution in [3.05, 3.63) is 0 Å². The summed E-state index contributed by atoms with van der Waals surface area (Å²) in [6.45, 7) is 0. The lowest BCUT2D eigenvalue weighted by atomic mass is 10.0. The van der Waals surface area contributed by atoms with E-state index in [-0.39, 0.29) is 0 Å². The van der Waals surface area contributed by atoms with E-state index in [1.54, 1.807) is 19.3 Å². The van der Waals surface area contributed by atoms with Gasteiger partial charge in [0.25, 0.3) is 0 Å². The van der Waals surface area contributed by atoms with Crippen LogP contribution in [0.2, 0.25) is 0 Å². The van der Waals surface area contributed by atoms with E-state index in [9.17, 15) is 0 Å². The Balaban J connectivity index is 1.92. The molecule has 0 nitrogen and oxygen atoms in total. The lowest BCUT2D eigenvalue weighted by Gasteiger charge is -2.07. The Morgan fingerprint density at radius 2 is 1.89 bits per heavy atom. The van der Waals surface area contributed by atoms with E-state index in [1.165, 1.54) is 24.3 Å². The molecular weight excluding hydrogens is 128 g/mol. The van der Waals surface area contributed by atoms with Crippen LogP contribution in [0.25, 0.3) is 0 Å². The first-order chi connectivity index (χ1) is 4.41. The molecule has 0 N–H and O–H groups in total. The average Bonchev–Trinajstić information content (AvgIpc) is 2.64. The van der Waals surface area contributed by atoms with Crippen LogP contribution in [0.15, 0.2) is 0 Å². The average molecular weight is 142 g/mol. The quantitative estimate of drug-likeness (QED) is 0.501. The Kier molecular flexibility index (Phi) is 1.48. The van der Waals surface area contributed by atoms with E-state index in [4.69, 9.17) is 0 Å². The normalized spacial score (nSPS) is 32.0. The second-order valence-electron chi connectivity index (χ2n) is 3.51. The molecule has 1 aliphatic heterocycles. The summed E-state index contributed by atoms with van der Waals surface area (Å²) in [6.07, 6.45) is 7.61. The highest BCUT2D eigenvalue weighted by atomic mass is 32.2. The third-order valence-corrected chi connectivity index (χ3v) is 4.00. The summed E-state index contributed by atoms with van der Waals surface area (Å²) in [6, 6.07) is 0. The molecule has 1 heterocycles. The van der Waals surface area contributed by atoms with Crippen molar-refractivity contribution in [1.29, 1.82) is 0 Å². The highest BCUT2D eigenvalue weighted by Crippen LogP contribution is 2.53. The molecule has 0 radical (unpaired) electrons. The van der Waals surface area contributed by atoms with Crippen LogP contribution < -0.4 is 0 Å². The van der Waals surface area contributed by atoms with Crippen LogP contribution in [-0.4, -0.2) is 11.5 Å². The maximum Gasteiger partial charge on any atom is -0.00108 e. The number of thioether (sulfide) groups is 1. The summed E-state index contributed by atoms with van der Waals surface area (Å²) in [5.74, 6) is 2.91. The molecule has 1 heteroatoms. The molecule has 0 aromatic carbocycles. The van der Waals surface area contributed by atoms with Gasteiger partial charge < -0.3 is 0 Å². The fourth-order valence-corrected chi connectivity index (χ4v) is 3.05. The van der Waals surface area contributed by atoms with Crippen LogP contribution in [-0.2, 0) is 0 Å². The zero-order valence-electron chi connectivity index (χ0n) is 5.86. The zero-order valence-corrected chi connectivity index (χ0v) is 6.67. The number of rotatable bonds is 0. The smallest absolute Gasteiger partial charge is 0.00108 e. The van der Waals surface area contributed by atoms with E-state index in [0.29, 0.717) is 0 Å². The molecule has 0 aromatic rings. The van der Waals surface area contributed by atoms with E-state index in [0.717, 1.165) is 5.41 Å². The molecule has 0 aromatic heterocycles. The van der Waals surface area contributed by atoms with Gasteiger partial charge in [0.15, 0.2) is 0 Å². The highest BCUT2D eigenvalue weighted by Gasteiger charge is 2.42. The molecular formula is C8H14S. The largest absolute Gasteiger partial charge is 0.161 e. The minimum atomic E-state index is 0.876. The van der Waals surface area contributed by atoms with Crippen LogP contribution in [0.4, 0.5) is 0 Å². The Morgan fingerprint density at radius 1 is 1.00 bits per heavy atom. The molecule has 1 aliphatic carbocycles. The van der Waals surface area contributed by atoms with E-state index in [2.05, 4.69) is 11.8 Å². The molecule has 52 valence electrons.